The Morgan fingerprint density at radius 3 is 2.43 bits per heavy atom. The Morgan fingerprint density at radius 1 is 0.946 bits per heavy atom. The van der Waals surface area contributed by atoms with Crippen LogP contribution in [0.3, 0.4) is 0 Å². The Morgan fingerprint density at radius 2 is 1.70 bits per heavy atom. The molecular weight excluding hydrogens is 494 g/mol. The lowest BCUT2D eigenvalue weighted by molar-refractivity contribution is 0.00857. The summed E-state index contributed by atoms with van der Waals surface area (Å²) in [5, 5.41) is 0. The summed E-state index contributed by atoms with van der Waals surface area (Å²) in [4.78, 5) is 17.5. The van der Waals surface area contributed by atoms with Gasteiger partial charge in [0.05, 0.1) is 32.3 Å². The van der Waals surface area contributed by atoms with Gasteiger partial charge < -0.3 is 28.4 Å². The van der Waals surface area contributed by atoms with Gasteiger partial charge in [-0.05, 0) is 37.2 Å². The van der Waals surface area contributed by atoms with Gasteiger partial charge in [-0.25, -0.2) is 4.79 Å². The minimum atomic E-state index is -0.574. The Balaban J connectivity index is 1.55. The van der Waals surface area contributed by atoms with Crippen molar-refractivity contribution < 1.29 is 33.2 Å². The van der Waals surface area contributed by atoms with Crippen molar-refractivity contribution in [1.82, 2.24) is 4.90 Å². The number of carbonyl (C=O) groups excluding carboxylic acids is 1. The second kappa shape index (κ2) is 9.39. The zero-order chi connectivity index (χ0) is 25.7. The van der Waals surface area contributed by atoms with Gasteiger partial charge in [0.1, 0.15) is 11.7 Å². The van der Waals surface area contributed by atoms with Gasteiger partial charge in [0, 0.05) is 22.6 Å². The third-order valence-corrected chi connectivity index (χ3v) is 8.27. The summed E-state index contributed by atoms with van der Waals surface area (Å²) in [7, 11) is 6.74. The fourth-order valence-corrected chi connectivity index (χ4v) is 6.61. The van der Waals surface area contributed by atoms with E-state index in [1.54, 1.807) is 26.0 Å². The molecule has 0 saturated carbocycles. The van der Waals surface area contributed by atoms with Crippen molar-refractivity contribution in [3.8, 4) is 28.7 Å². The number of nitrogens with zero attached hydrogens (tertiary/aromatic N) is 1. The number of ether oxygens (including phenoxy) is 6. The molecule has 9 heteroatoms. The average molecular weight is 522 g/mol. The highest BCUT2D eigenvalue weighted by Crippen LogP contribution is 2.59. The smallest absolute Gasteiger partial charge is 0.343 e. The quantitative estimate of drug-likeness (QED) is 0.415. The molecule has 3 aromatic carbocycles. The Hall–Kier alpha value is -3.56. The second-order valence-corrected chi connectivity index (χ2v) is 10.1. The zero-order valence-corrected chi connectivity index (χ0v) is 21.8. The molecule has 0 saturated heterocycles. The van der Waals surface area contributed by atoms with E-state index in [1.807, 2.05) is 37.4 Å². The van der Waals surface area contributed by atoms with E-state index in [2.05, 4.69) is 17.0 Å². The number of fused-ring (bicyclic) bond motifs is 3. The van der Waals surface area contributed by atoms with Crippen molar-refractivity contribution in [2.24, 2.45) is 0 Å². The average Bonchev–Trinajstić information content (AvgIpc) is 3.53. The molecular formula is C28H27NO7S. The number of hydrogen-bond acceptors (Lipinski definition) is 9. The maximum absolute atomic E-state index is 13.2. The third kappa shape index (κ3) is 3.67. The SMILES string of the molecule is COc1ccc2c(c1OC)C(=O)O[C@@H]2C1c2c(c(Sc3ccccc3)c3c(c2OC)OCO3)CCN1C. The highest BCUT2D eigenvalue weighted by atomic mass is 32.2. The summed E-state index contributed by atoms with van der Waals surface area (Å²) in [6.45, 7) is 0.884. The first kappa shape index (κ1) is 23.8. The lowest BCUT2D eigenvalue weighted by atomic mass is 9.85. The van der Waals surface area contributed by atoms with Gasteiger partial charge >= 0.3 is 5.97 Å². The first-order valence-corrected chi connectivity index (χ1v) is 12.8. The summed E-state index contributed by atoms with van der Waals surface area (Å²) in [5.74, 6) is 2.32. The lowest BCUT2D eigenvalue weighted by Crippen LogP contribution is -2.36. The number of rotatable bonds is 6. The molecule has 8 nitrogen and oxygen atoms in total. The van der Waals surface area contributed by atoms with Gasteiger partial charge in [0.15, 0.2) is 23.0 Å². The fraction of sp³-hybridized carbons (Fsp3) is 0.321. The third-order valence-electron chi connectivity index (χ3n) is 7.13. The molecule has 192 valence electrons. The fourth-order valence-electron chi connectivity index (χ4n) is 5.50. The first-order chi connectivity index (χ1) is 18.1. The van der Waals surface area contributed by atoms with E-state index in [-0.39, 0.29) is 12.8 Å². The summed E-state index contributed by atoms with van der Waals surface area (Å²) >= 11 is 1.65. The predicted molar refractivity (Wildman–Crippen MR) is 136 cm³/mol. The van der Waals surface area contributed by atoms with Crippen LogP contribution in [0.5, 0.6) is 28.7 Å². The monoisotopic (exact) mass is 521 g/mol. The molecule has 3 heterocycles. The second-order valence-electron chi connectivity index (χ2n) is 9.00. The number of cyclic esters (lactones) is 1. The molecule has 1 unspecified atom stereocenters. The van der Waals surface area contributed by atoms with Crippen LogP contribution in [0.4, 0.5) is 0 Å². The van der Waals surface area contributed by atoms with E-state index >= 15 is 0 Å². The van der Waals surface area contributed by atoms with Gasteiger partial charge in [0.25, 0.3) is 0 Å². The molecule has 3 aliphatic rings. The Bertz CT molecular complexity index is 1380. The number of methoxy groups -OCH3 is 3. The molecule has 0 N–H and O–H groups in total. The number of esters is 1. The maximum atomic E-state index is 13.2. The molecule has 3 aromatic rings. The van der Waals surface area contributed by atoms with Crippen LogP contribution in [0.2, 0.25) is 0 Å². The van der Waals surface area contributed by atoms with Crippen molar-refractivity contribution in [2.45, 2.75) is 28.4 Å². The van der Waals surface area contributed by atoms with E-state index in [1.165, 1.54) is 7.11 Å². The summed E-state index contributed by atoms with van der Waals surface area (Å²) in [5.41, 5.74) is 3.21. The van der Waals surface area contributed by atoms with E-state index < -0.39 is 12.1 Å². The molecule has 0 amide bonds. The highest BCUT2D eigenvalue weighted by molar-refractivity contribution is 7.99. The van der Waals surface area contributed by atoms with Gasteiger partial charge in [-0.15, -0.1) is 0 Å². The molecule has 0 radical (unpaired) electrons. The van der Waals surface area contributed by atoms with Crippen LogP contribution in [0.15, 0.2) is 52.3 Å². The highest BCUT2D eigenvalue weighted by Gasteiger charge is 2.47. The molecule has 0 bridgehead atoms. The minimum Gasteiger partial charge on any atom is -0.493 e. The van der Waals surface area contributed by atoms with Crippen LogP contribution in [0, 0.1) is 0 Å². The molecule has 0 aromatic heterocycles. The summed E-state index contributed by atoms with van der Waals surface area (Å²) in [6.07, 6.45) is 0.208. The van der Waals surface area contributed by atoms with Crippen LogP contribution in [-0.2, 0) is 11.2 Å². The summed E-state index contributed by atoms with van der Waals surface area (Å²) < 4.78 is 35.0. The maximum Gasteiger partial charge on any atom is 0.343 e. The van der Waals surface area contributed by atoms with Crippen molar-refractivity contribution in [1.29, 1.82) is 0 Å². The standard InChI is InChI=1S/C28H27NO7S/c1-29-13-12-17-19(21(29)22-16-10-11-18(31-2)23(32-3)20(16)28(30)36-22)24(33-4)25-26(35-14-34-25)27(17)37-15-8-6-5-7-9-15/h5-11,21-22H,12-14H2,1-4H3/t21?,22-/m0/s1. The Labute approximate surface area is 219 Å². The van der Waals surface area contributed by atoms with Crippen LogP contribution >= 0.6 is 11.8 Å². The number of likely N-dealkylation sites (N-methyl/N-ethyl adjacent to an activating group) is 1. The van der Waals surface area contributed by atoms with E-state index in [9.17, 15) is 4.79 Å². The van der Waals surface area contributed by atoms with E-state index in [0.717, 1.165) is 39.4 Å². The van der Waals surface area contributed by atoms with E-state index in [4.69, 9.17) is 28.4 Å². The first-order valence-electron chi connectivity index (χ1n) is 12.0. The van der Waals surface area contributed by atoms with Crippen LogP contribution in [0.25, 0.3) is 0 Å². The van der Waals surface area contributed by atoms with Crippen molar-refractivity contribution in [2.75, 3.05) is 41.7 Å². The number of hydrogen-bond donors (Lipinski definition) is 0. The van der Waals surface area contributed by atoms with Crippen LogP contribution < -0.4 is 23.7 Å². The van der Waals surface area contributed by atoms with Crippen molar-refractivity contribution in [3.63, 3.8) is 0 Å². The lowest BCUT2D eigenvalue weighted by Gasteiger charge is -2.39. The van der Waals surface area contributed by atoms with Crippen LogP contribution in [-0.4, -0.2) is 52.6 Å². The van der Waals surface area contributed by atoms with Crippen molar-refractivity contribution in [3.05, 3.63) is 64.7 Å². The topological polar surface area (TPSA) is 75.7 Å². The van der Waals surface area contributed by atoms with Crippen molar-refractivity contribution >= 4 is 17.7 Å². The van der Waals surface area contributed by atoms with E-state index in [0.29, 0.717) is 34.3 Å². The molecule has 0 aliphatic carbocycles. The molecule has 3 aliphatic heterocycles. The summed E-state index contributed by atoms with van der Waals surface area (Å²) in [6, 6.07) is 13.6. The largest absolute Gasteiger partial charge is 0.493 e. The normalized spacial score (nSPS) is 19.7. The molecule has 2 atom stereocenters. The minimum absolute atomic E-state index is 0.121. The van der Waals surface area contributed by atoms with Gasteiger partial charge in [0.2, 0.25) is 12.5 Å². The zero-order valence-electron chi connectivity index (χ0n) is 21.0. The molecule has 0 fully saturated rings. The predicted octanol–water partition coefficient (Wildman–Crippen LogP) is 5.03. The molecule has 0 spiro atoms. The van der Waals surface area contributed by atoms with Gasteiger partial charge in [-0.1, -0.05) is 36.0 Å². The van der Waals surface area contributed by atoms with Gasteiger partial charge in [-0.2, -0.15) is 0 Å². The Kier molecular flexibility index (Phi) is 6.04. The molecule has 37 heavy (non-hydrogen) atoms. The number of carbonyl (C=O) groups is 1. The van der Waals surface area contributed by atoms with Crippen LogP contribution in [0.1, 0.15) is 39.2 Å². The number of benzene rings is 3. The molecule has 6 rings (SSSR count). The van der Waals surface area contributed by atoms with Gasteiger partial charge in [-0.3, -0.25) is 4.90 Å².